The van der Waals surface area contributed by atoms with Gasteiger partial charge in [0.2, 0.25) is 0 Å². The van der Waals surface area contributed by atoms with Crippen LogP contribution in [0.1, 0.15) is 28.8 Å². The Balaban J connectivity index is 1.79. The minimum Gasteiger partial charge on any atom is -0.493 e. The molecular formula is C14H16ClNO2. The number of hydrogen-bond donors (Lipinski definition) is 0. The lowest BCUT2D eigenvalue weighted by atomic mass is 10.1. The molecule has 0 N–H and O–H groups in total. The average molecular weight is 266 g/mol. The first-order chi connectivity index (χ1) is 8.74. The van der Waals surface area contributed by atoms with E-state index in [0.29, 0.717) is 6.54 Å². The van der Waals surface area contributed by atoms with E-state index in [2.05, 4.69) is 0 Å². The molecule has 0 saturated carbocycles. The topological polar surface area (TPSA) is 29.5 Å². The molecule has 18 heavy (non-hydrogen) atoms. The number of amides is 1. The van der Waals surface area contributed by atoms with Gasteiger partial charge in [-0.3, -0.25) is 4.79 Å². The average Bonchev–Trinajstić information content (AvgIpc) is 2.85. The lowest BCUT2D eigenvalue weighted by Crippen LogP contribution is -2.40. The molecule has 3 rings (SSSR count). The summed E-state index contributed by atoms with van der Waals surface area (Å²) in [5.41, 5.74) is 1.89. The molecule has 2 aliphatic heterocycles. The predicted octanol–water partition coefficient (Wildman–Crippen LogP) is 2.46. The molecule has 1 unspecified atom stereocenters. The van der Waals surface area contributed by atoms with Crippen LogP contribution in [0.15, 0.2) is 18.2 Å². The molecule has 0 aliphatic carbocycles. The quantitative estimate of drug-likeness (QED) is 0.730. The van der Waals surface area contributed by atoms with Crippen LogP contribution < -0.4 is 4.74 Å². The summed E-state index contributed by atoms with van der Waals surface area (Å²) in [6, 6.07) is 5.71. The highest BCUT2D eigenvalue weighted by Crippen LogP contribution is 2.27. The molecule has 1 fully saturated rings. The van der Waals surface area contributed by atoms with E-state index in [0.717, 1.165) is 49.3 Å². The van der Waals surface area contributed by atoms with Crippen LogP contribution in [0.3, 0.4) is 0 Å². The molecule has 3 nitrogen and oxygen atoms in total. The van der Waals surface area contributed by atoms with Crippen molar-refractivity contribution in [1.82, 2.24) is 4.90 Å². The van der Waals surface area contributed by atoms with Crippen LogP contribution in [0.5, 0.6) is 5.75 Å². The molecule has 1 atom stereocenters. The fraction of sp³-hybridized carbons (Fsp3) is 0.500. The maximum Gasteiger partial charge on any atom is 0.253 e. The second-order valence-corrected chi connectivity index (χ2v) is 5.53. The Morgan fingerprint density at radius 3 is 3.17 bits per heavy atom. The third kappa shape index (κ3) is 2.19. The highest BCUT2D eigenvalue weighted by molar-refractivity contribution is 6.21. The summed E-state index contributed by atoms with van der Waals surface area (Å²) in [5, 5.41) is 0.0976. The molecule has 2 aliphatic rings. The SMILES string of the molecule is O=C(c1ccc2c(c1)CCO2)N1CCCC(Cl)C1. The summed E-state index contributed by atoms with van der Waals surface area (Å²) in [6.45, 7) is 2.20. The molecule has 1 aromatic rings. The highest BCUT2D eigenvalue weighted by atomic mass is 35.5. The van der Waals surface area contributed by atoms with Crippen molar-refractivity contribution in [1.29, 1.82) is 0 Å². The number of hydrogen-bond acceptors (Lipinski definition) is 2. The van der Waals surface area contributed by atoms with Crippen LogP contribution in [0.2, 0.25) is 0 Å². The zero-order chi connectivity index (χ0) is 12.5. The molecule has 0 bridgehead atoms. The van der Waals surface area contributed by atoms with E-state index in [4.69, 9.17) is 16.3 Å². The summed E-state index contributed by atoms with van der Waals surface area (Å²) in [6.07, 6.45) is 2.89. The van der Waals surface area contributed by atoms with Gasteiger partial charge in [0.1, 0.15) is 5.75 Å². The van der Waals surface area contributed by atoms with Crippen molar-refractivity contribution in [3.8, 4) is 5.75 Å². The normalized spacial score (nSPS) is 22.5. The van der Waals surface area contributed by atoms with Gasteiger partial charge in [-0.05, 0) is 36.6 Å². The van der Waals surface area contributed by atoms with Crippen molar-refractivity contribution in [2.45, 2.75) is 24.6 Å². The van der Waals surface area contributed by atoms with Crippen LogP contribution in [-0.2, 0) is 6.42 Å². The Labute approximate surface area is 112 Å². The smallest absolute Gasteiger partial charge is 0.253 e. The van der Waals surface area contributed by atoms with Crippen LogP contribution in [-0.4, -0.2) is 35.9 Å². The Morgan fingerprint density at radius 2 is 2.33 bits per heavy atom. The Morgan fingerprint density at radius 1 is 1.44 bits per heavy atom. The van der Waals surface area contributed by atoms with Crippen molar-refractivity contribution in [3.05, 3.63) is 29.3 Å². The van der Waals surface area contributed by atoms with Gasteiger partial charge in [0.15, 0.2) is 0 Å². The fourth-order valence-corrected chi connectivity index (χ4v) is 2.93. The van der Waals surface area contributed by atoms with Crippen LogP contribution in [0.25, 0.3) is 0 Å². The van der Waals surface area contributed by atoms with Crippen LogP contribution in [0.4, 0.5) is 0 Å². The number of carbonyl (C=O) groups is 1. The minimum absolute atomic E-state index is 0.0926. The number of fused-ring (bicyclic) bond motifs is 1. The van der Waals surface area contributed by atoms with Gasteiger partial charge in [-0.25, -0.2) is 0 Å². The predicted molar refractivity (Wildman–Crippen MR) is 70.4 cm³/mol. The van der Waals surface area contributed by atoms with E-state index in [1.165, 1.54) is 0 Å². The van der Waals surface area contributed by atoms with E-state index in [-0.39, 0.29) is 11.3 Å². The van der Waals surface area contributed by atoms with Crippen molar-refractivity contribution in [2.75, 3.05) is 19.7 Å². The highest BCUT2D eigenvalue weighted by Gasteiger charge is 2.24. The second-order valence-electron chi connectivity index (χ2n) is 4.91. The molecule has 0 radical (unpaired) electrons. The standard InChI is InChI=1S/C14H16ClNO2/c15-12-2-1-6-16(9-12)14(17)11-3-4-13-10(8-11)5-7-18-13/h3-4,8,12H,1-2,5-7,9H2. The van der Waals surface area contributed by atoms with Crippen molar-refractivity contribution in [3.63, 3.8) is 0 Å². The molecule has 0 spiro atoms. The maximum absolute atomic E-state index is 12.4. The molecule has 2 heterocycles. The Kier molecular flexibility index (Phi) is 3.16. The first kappa shape index (κ1) is 11.8. The molecule has 96 valence electrons. The summed E-state index contributed by atoms with van der Waals surface area (Å²) >= 11 is 6.12. The number of benzene rings is 1. The van der Waals surface area contributed by atoms with E-state index in [9.17, 15) is 4.79 Å². The maximum atomic E-state index is 12.4. The zero-order valence-electron chi connectivity index (χ0n) is 10.2. The number of ether oxygens (including phenoxy) is 1. The number of piperidine rings is 1. The van der Waals surface area contributed by atoms with Gasteiger partial charge < -0.3 is 9.64 Å². The van der Waals surface area contributed by atoms with Crippen molar-refractivity contribution >= 4 is 17.5 Å². The van der Waals surface area contributed by atoms with Gasteiger partial charge in [0.25, 0.3) is 5.91 Å². The molecule has 0 aromatic heterocycles. The van der Waals surface area contributed by atoms with E-state index in [1.54, 1.807) is 0 Å². The number of carbonyl (C=O) groups excluding carboxylic acids is 1. The van der Waals surface area contributed by atoms with Gasteiger partial charge in [-0.15, -0.1) is 11.6 Å². The zero-order valence-corrected chi connectivity index (χ0v) is 10.9. The number of likely N-dealkylation sites (tertiary alicyclic amines) is 1. The number of halogens is 1. The van der Waals surface area contributed by atoms with Gasteiger partial charge in [-0.2, -0.15) is 0 Å². The van der Waals surface area contributed by atoms with E-state index in [1.807, 2.05) is 23.1 Å². The first-order valence-electron chi connectivity index (χ1n) is 6.43. The fourth-order valence-electron chi connectivity index (χ4n) is 2.61. The summed E-state index contributed by atoms with van der Waals surface area (Å²) in [5.74, 6) is 1.01. The molecular weight excluding hydrogens is 250 g/mol. The minimum atomic E-state index is 0.0926. The first-order valence-corrected chi connectivity index (χ1v) is 6.87. The Hall–Kier alpha value is -1.22. The molecule has 1 amide bonds. The van der Waals surface area contributed by atoms with Gasteiger partial charge in [-0.1, -0.05) is 0 Å². The summed E-state index contributed by atoms with van der Waals surface area (Å²) in [7, 11) is 0. The summed E-state index contributed by atoms with van der Waals surface area (Å²) in [4.78, 5) is 14.2. The molecule has 1 aromatic carbocycles. The van der Waals surface area contributed by atoms with Crippen molar-refractivity contribution in [2.24, 2.45) is 0 Å². The largest absolute Gasteiger partial charge is 0.493 e. The number of nitrogens with zero attached hydrogens (tertiary/aromatic N) is 1. The molecule has 4 heteroatoms. The third-order valence-corrected chi connectivity index (χ3v) is 3.94. The lowest BCUT2D eigenvalue weighted by Gasteiger charge is -2.29. The van der Waals surface area contributed by atoms with E-state index < -0.39 is 0 Å². The third-order valence-electron chi connectivity index (χ3n) is 3.59. The molecule has 1 saturated heterocycles. The van der Waals surface area contributed by atoms with Gasteiger partial charge in [0, 0.05) is 25.1 Å². The van der Waals surface area contributed by atoms with Gasteiger partial charge in [0.05, 0.1) is 12.0 Å². The Bertz CT molecular complexity index is 475. The second kappa shape index (κ2) is 4.81. The van der Waals surface area contributed by atoms with E-state index >= 15 is 0 Å². The monoisotopic (exact) mass is 265 g/mol. The summed E-state index contributed by atoms with van der Waals surface area (Å²) < 4.78 is 5.45. The number of alkyl halides is 1. The van der Waals surface area contributed by atoms with Crippen LogP contribution in [0, 0.1) is 0 Å². The van der Waals surface area contributed by atoms with Crippen LogP contribution >= 0.6 is 11.6 Å². The van der Waals surface area contributed by atoms with Crippen molar-refractivity contribution < 1.29 is 9.53 Å². The number of rotatable bonds is 1. The van der Waals surface area contributed by atoms with Gasteiger partial charge >= 0.3 is 0 Å². The lowest BCUT2D eigenvalue weighted by molar-refractivity contribution is 0.0727.